The summed E-state index contributed by atoms with van der Waals surface area (Å²) in [6.45, 7) is 0. The number of aliphatic hydroxyl groups is 1. The standard InChI is InChI=1S/C21H18N2O2/c1-25-16-9-4-8-15(12-16)20(24)21-22-13-19(23-21)18-11-5-7-14-6-2-3-10-17(14)18/h2-13,20,24H,1H3,(H,22,23). The lowest BCUT2D eigenvalue weighted by Gasteiger charge is -2.10. The van der Waals surface area contributed by atoms with Crippen LogP contribution < -0.4 is 4.74 Å². The number of methoxy groups -OCH3 is 1. The predicted molar refractivity (Wildman–Crippen MR) is 98.6 cm³/mol. The molecule has 0 saturated heterocycles. The maximum absolute atomic E-state index is 10.6. The van der Waals surface area contributed by atoms with E-state index in [0.717, 1.165) is 22.2 Å². The maximum Gasteiger partial charge on any atom is 0.140 e. The second-order valence-electron chi connectivity index (χ2n) is 5.89. The van der Waals surface area contributed by atoms with Crippen molar-refractivity contribution in [1.82, 2.24) is 9.97 Å². The quantitative estimate of drug-likeness (QED) is 0.586. The molecule has 4 heteroatoms. The Hall–Kier alpha value is -3.11. The van der Waals surface area contributed by atoms with Gasteiger partial charge in [0.25, 0.3) is 0 Å². The van der Waals surface area contributed by atoms with E-state index in [1.807, 2.05) is 42.5 Å². The first-order chi connectivity index (χ1) is 12.3. The van der Waals surface area contributed by atoms with E-state index in [9.17, 15) is 5.11 Å². The number of fused-ring (bicyclic) bond motifs is 1. The lowest BCUT2D eigenvalue weighted by molar-refractivity contribution is 0.210. The molecule has 0 saturated carbocycles. The van der Waals surface area contributed by atoms with Crippen LogP contribution in [0.4, 0.5) is 0 Å². The van der Waals surface area contributed by atoms with Crippen LogP contribution >= 0.6 is 0 Å². The minimum Gasteiger partial charge on any atom is -0.497 e. The molecule has 0 bridgehead atoms. The molecular formula is C21H18N2O2. The molecule has 2 N–H and O–H groups in total. The van der Waals surface area contributed by atoms with Crippen molar-refractivity contribution in [3.8, 4) is 17.0 Å². The summed E-state index contributed by atoms with van der Waals surface area (Å²) >= 11 is 0. The van der Waals surface area contributed by atoms with Gasteiger partial charge in [-0.05, 0) is 28.5 Å². The van der Waals surface area contributed by atoms with Gasteiger partial charge in [0.05, 0.1) is 19.0 Å². The van der Waals surface area contributed by atoms with Gasteiger partial charge in [0.1, 0.15) is 17.7 Å². The third-order valence-electron chi connectivity index (χ3n) is 4.34. The number of hydrogen-bond donors (Lipinski definition) is 2. The second kappa shape index (κ2) is 6.42. The van der Waals surface area contributed by atoms with Gasteiger partial charge >= 0.3 is 0 Å². The summed E-state index contributed by atoms with van der Waals surface area (Å²) in [6.07, 6.45) is 0.930. The molecule has 25 heavy (non-hydrogen) atoms. The number of H-pyrrole nitrogens is 1. The molecule has 124 valence electrons. The number of aromatic amines is 1. The van der Waals surface area contributed by atoms with Crippen molar-refractivity contribution in [2.45, 2.75) is 6.10 Å². The highest BCUT2D eigenvalue weighted by Gasteiger charge is 2.16. The number of rotatable bonds is 4. The summed E-state index contributed by atoms with van der Waals surface area (Å²) in [4.78, 5) is 7.64. The van der Waals surface area contributed by atoms with E-state index in [-0.39, 0.29) is 0 Å². The molecule has 0 aliphatic rings. The van der Waals surface area contributed by atoms with E-state index in [4.69, 9.17) is 4.74 Å². The maximum atomic E-state index is 10.6. The van der Waals surface area contributed by atoms with Crippen LogP contribution in [-0.4, -0.2) is 22.2 Å². The minimum atomic E-state index is -0.834. The van der Waals surface area contributed by atoms with Crippen molar-refractivity contribution in [2.24, 2.45) is 0 Å². The Morgan fingerprint density at radius 2 is 1.80 bits per heavy atom. The predicted octanol–water partition coefficient (Wildman–Crippen LogP) is 4.32. The molecule has 0 aliphatic heterocycles. The Bertz CT molecular complexity index is 1020. The van der Waals surface area contributed by atoms with Crippen LogP contribution in [0.1, 0.15) is 17.5 Å². The minimum absolute atomic E-state index is 0.510. The van der Waals surface area contributed by atoms with Gasteiger partial charge in [-0.2, -0.15) is 0 Å². The zero-order valence-electron chi connectivity index (χ0n) is 13.8. The second-order valence-corrected chi connectivity index (χ2v) is 5.89. The van der Waals surface area contributed by atoms with Gasteiger partial charge in [-0.25, -0.2) is 4.98 Å². The van der Waals surface area contributed by atoms with E-state index in [1.165, 1.54) is 5.39 Å². The van der Waals surface area contributed by atoms with Gasteiger partial charge in [0.15, 0.2) is 0 Å². The average molecular weight is 330 g/mol. The molecule has 4 aromatic rings. The molecule has 0 aliphatic carbocycles. The molecule has 3 aromatic carbocycles. The molecule has 4 rings (SSSR count). The summed E-state index contributed by atoms with van der Waals surface area (Å²) in [5, 5.41) is 13.0. The number of benzene rings is 3. The van der Waals surface area contributed by atoms with E-state index in [2.05, 4.69) is 34.2 Å². The molecular weight excluding hydrogens is 312 g/mol. The summed E-state index contributed by atoms with van der Waals surface area (Å²) < 4.78 is 5.22. The number of nitrogens with zero attached hydrogens (tertiary/aromatic N) is 1. The SMILES string of the molecule is COc1cccc(C(O)c2ncc(-c3cccc4ccccc34)[nH]2)c1. The van der Waals surface area contributed by atoms with Crippen molar-refractivity contribution in [3.63, 3.8) is 0 Å². The van der Waals surface area contributed by atoms with Crippen LogP contribution in [0.15, 0.2) is 72.9 Å². The number of aliphatic hydroxyl groups excluding tert-OH is 1. The Morgan fingerprint density at radius 1 is 1.00 bits per heavy atom. The Balaban J connectivity index is 1.72. The van der Waals surface area contributed by atoms with Crippen LogP contribution in [-0.2, 0) is 0 Å². The zero-order chi connectivity index (χ0) is 17.2. The molecule has 1 atom stereocenters. The van der Waals surface area contributed by atoms with Crippen LogP contribution in [0.5, 0.6) is 5.75 Å². The molecule has 0 amide bonds. The zero-order valence-corrected chi connectivity index (χ0v) is 13.8. The van der Waals surface area contributed by atoms with Crippen molar-refractivity contribution >= 4 is 10.8 Å². The number of imidazole rings is 1. The van der Waals surface area contributed by atoms with Crippen LogP contribution in [0, 0.1) is 0 Å². The monoisotopic (exact) mass is 330 g/mol. The van der Waals surface area contributed by atoms with E-state index < -0.39 is 6.10 Å². The molecule has 1 aromatic heterocycles. The van der Waals surface area contributed by atoms with Gasteiger partial charge in [0, 0.05) is 5.56 Å². The third-order valence-corrected chi connectivity index (χ3v) is 4.34. The van der Waals surface area contributed by atoms with E-state index >= 15 is 0 Å². The fourth-order valence-electron chi connectivity index (χ4n) is 3.04. The van der Waals surface area contributed by atoms with E-state index in [1.54, 1.807) is 13.3 Å². The molecule has 0 fully saturated rings. The van der Waals surface area contributed by atoms with Crippen molar-refractivity contribution in [2.75, 3.05) is 7.11 Å². The highest BCUT2D eigenvalue weighted by atomic mass is 16.5. The van der Waals surface area contributed by atoms with Gasteiger partial charge in [-0.15, -0.1) is 0 Å². The first kappa shape index (κ1) is 15.4. The fraction of sp³-hybridized carbons (Fsp3) is 0.0952. The highest BCUT2D eigenvalue weighted by Crippen LogP contribution is 2.29. The van der Waals surface area contributed by atoms with Gasteiger partial charge in [-0.1, -0.05) is 54.6 Å². The highest BCUT2D eigenvalue weighted by molar-refractivity contribution is 5.95. The normalized spacial score (nSPS) is 12.2. The Labute approximate surface area is 145 Å². The van der Waals surface area contributed by atoms with Gasteiger partial charge < -0.3 is 14.8 Å². The summed E-state index contributed by atoms with van der Waals surface area (Å²) in [5.74, 6) is 1.22. The Kier molecular flexibility index (Phi) is 3.96. The fourth-order valence-corrected chi connectivity index (χ4v) is 3.04. The van der Waals surface area contributed by atoms with Crippen LogP contribution in [0.25, 0.3) is 22.0 Å². The number of nitrogens with one attached hydrogen (secondary N) is 1. The topological polar surface area (TPSA) is 58.1 Å². The number of ether oxygens (including phenoxy) is 1. The number of aromatic nitrogens is 2. The molecule has 1 heterocycles. The molecule has 0 spiro atoms. The summed E-state index contributed by atoms with van der Waals surface area (Å²) in [7, 11) is 1.61. The first-order valence-corrected chi connectivity index (χ1v) is 8.11. The lowest BCUT2D eigenvalue weighted by atomic mass is 10.0. The van der Waals surface area contributed by atoms with Crippen LogP contribution in [0.2, 0.25) is 0 Å². The van der Waals surface area contributed by atoms with E-state index in [0.29, 0.717) is 11.6 Å². The van der Waals surface area contributed by atoms with Crippen molar-refractivity contribution in [1.29, 1.82) is 0 Å². The Morgan fingerprint density at radius 3 is 2.68 bits per heavy atom. The lowest BCUT2D eigenvalue weighted by Crippen LogP contribution is -2.02. The van der Waals surface area contributed by atoms with Crippen molar-refractivity contribution in [3.05, 3.63) is 84.3 Å². The van der Waals surface area contributed by atoms with Gasteiger partial charge in [-0.3, -0.25) is 0 Å². The van der Waals surface area contributed by atoms with Gasteiger partial charge in [0.2, 0.25) is 0 Å². The largest absolute Gasteiger partial charge is 0.497 e. The molecule has 1 unspecified atom stereocenters. The number of hydrogen-bond acceptors (Lipinski definition) is 3. The average Bonchev–Trinajstić information content (AvgIpc) is 3.17. The third kappa shape index (κ3) is 2.88. The summed E-state index contributed by atoms with van der Waals surface area (Å²) in [6, 6.07) is 21.7. The van der Waals surface area contributed by atoms with Crippen molar-refractivity contribution < 1.29 is 9.84 Å². The summed E-state index contributed by atoms with van der Waals surface area (Å²) in [5.41, 5.74) is 2.68. The first-order valence-electron chi connectivity index (χ1n) is 8.11. The molecule has 4 nitrogen and oxygen atoms in total. The van der Waals surface area contributed by atoms with Crippen LogP contribution in [0.3, 0.4) is 0 Å². The molecule has 0 radical (unpaired) electrons. The smallest absolute Gasteiger partial charge is 0.140 e.